The summed E-state index contributed by atoms with van der Waals surface area (Å²) in [4.78, 5) is 2.39. The number of phenols is 1. The number of phenolic OH excluding ortho intramolecular Hbond substituents is 1. The van der Waals surface area contributed by atoms with E-state index < -0.39 is 0 Å². The van der Waals surface area contributed by atoms with E-state index in [2.05, 4.69) is 31.7 Å². The van der Waals surface area contributed by atoms with Gasteiger partial charge in [-0.3, -0.25) is 4.90 Å². The van der Waals surface area contributed by atoms with Crippen LogP contribution in [0.25, 0.3) is 0 Å². The lowest BCUT2D eigenvalue weighted by atomic mass is 9.84. The zero-order chi connectivity index (χ0) is 18.2. The minimum Gasteiger partial charge on any atom is -0.508 e. The molecule has 0 aliphatic rings. The molecule has 4 nitrogen and oxygen atoms in total. The average molecular weight is 338 g/mol. The van der Waals surface area contributed by atoms with Crippen LogP contribution in [0, 0.1) is 6.92 Å². The van der Waals surface area contributed by atoms with Gasteiger partial charge in [0, 0.05) is 19.8 Å². The van der Waals surface area contributed by atoms with Crippen LogP contribution in [-0.4, -0.2) is 46.5 Å². The molecule has 4 heteroatoms. The third kappa shape index (κ3) is 6.80. The molecule has 0 spiro atoms. The standard InChI is InChI=1S/C20H35NO3/c1-16-13-19(24)18(20(2,3)4)14-17(16)15-21(9-5-7-11-22)10-6-8-12-23/h13-14,22-24H,5-12,15H2,1-4H3. The number of hydrogen-bond acceptors (Lipinski definition) is 4. The van der Waals surface area contributed by atoms with Gasteiger partial charge in [0.25, 0.3) is 0 Å². The number of nitrogens with zero attached hydrogens (tertiary/aromatic N) is 1. The number of hydrogen-bond donors (Lipinski definition) is 3. The van der Waals surface area contributed by atoms with Crippen molar-refractivity contribution in [2.75, 3.05) is 26.3 Å². The highest BCUT2D eigenvalue weighted by Crippen LogP contribution is 2.33. The fourth-order valence-electron chi connectivity index (χ4n) is 2.91. The molecule has 3 N–H and O–H groups in total. The van der Waals surface area contributed by atoms with Crippen LogP contribution in [0.3, 0.4) is 0 Å². The maximum Gasteiger partial charge on any atom is 0.119 e. The van der Waals surface area contributed by atoms with E-state index in [-0.39, 0.29) is 18.6 Å². The highest BCUT2D eigenvalue weighted by atomic mass is 16.3. The molecule has 0 saturated heterocycles. The van der Waals surface area contributed by atoms with Gasteiger partial charge in [-0.2, -0.15) is 0 Å². The van der Waals surface area contributed by atoms with Crippen LogP contribution in [-0.2, 0) is 12.0 Å². The summed E-state index contributed by atoms with van der Waals surface area (Å²) in [5, 5.41) is 28.3. The van der Waals surface area contributed by atoms with Crippen molar-refractivity contribution in [1.29, 1.82) is 0 Å². The van der Waals surface area contributed by atoms with Crippen molar-refractivity contribution >= 4 is 0 Å². The molecule has 24 heavy (non-hydrogen) atoms. The Hall–Kier alpha value is -1.10. The summed E-state index contributed by atoms with van der Waals surface area (Å²) in [7, 11) is 0. The van der Waals surface area contributed by atoms with Crippen molar-refractivity contribution in [3.63, 3.8) is 0 Å². The molecule has 0 unspecified atom stereocenters. The Balaban J connectivity index is 2.90. The van der Waals surface area contributed by atoms with Crippen LogP contribution < -0.4 is 0 Å². The Bertz CT molecular complexity index is 484. The lowest BCUT2D eigenvalue weighted by molar-refractivity contribution is 0.220. The predicted octanol–water partition coefficient (Wildman–Crippen LogP) is 3.35. The minimum atomic E-state index is -0.0921. The van der Waals surface area contributed by atoms with Gasteiger partial charge in [0.2, 0.25) is 0 Å². The third-order valence-corrected chi connectivity index (χ3v) is 4.42. The van der Waals surface area contributed by atoms with Gasteiger partial charge in [0.1, 0.15) is 5.75 Å². The zero-order valence-electron chi connectivity index (χ0n) is 15.8. The Morgan fingerprint density at radius 3 is 1.92 bits per heavy atom. The Kier molecular flexibility index (Phi) is 8.74. The summed E-state index contributed by atoms with van der Waals surface area (Å²) in [5.74, 6) is 0.371. The van der Waals surface area contributed by atoms with Gasteiger partial charge in [-0.15, -0.1) is 0 Å². The van der Waals surface area contributed by atoms with Crippen molar-refractivity contribution in [2.24, 2.45) is 0 Å². The second-order valence-electron chi connectivity index (χ2n) is 7.68. The van der Waals surface area contributed by atoms with Crippen molar-refractivity contribution in [3.05, 3.63) is 28.8 Å². The molecular weight excluding hydrogens is 302 g/mol. The fourth-order valence-corrected chi connectivity index (χ4v) is 2.91. The first-order chi connectivity index (χ1) is 11.3. The highest BCUT2D eigenvalue weighted by Gasteiger charge is 2.20. The van der Waals surface area contributed by atoms with E-state index in [1.807, 2.05) is 13.0 Å². The number of benzene rings is 1. The van der Waals surface area contributed by atoms with Crippen molar-refractivity contribution in [1.82, 2.24) is 4.90 Å². The molecular formula is C20H35NO3. The highest BCUT2D eigenvalue weighted by molar-refractivity contribution is 5.44. The van der Waals surface area contributed by atoms with E-state index in [0.29, 0.717) is 5.75 Å². The lowest BCUT2D eigenvalue weighted by Crippen LogP contribution is -2.27. The first-order valence-corrected chi connectivity index (χ1v) is 9.06. The van der Waals surface area contributed by atoms with Gasteiger partial charge in [-0.1, -0.05) is 26.8 Å². The third-order valence-electron chi connectivity index (χ3n) is 4.42. The maximum atomic E-state index is 10.3. The van der Waals surface area contributed by atoms with Crippen LogP contribution in [0.2, 0.25) is 0 Å². The molecule has 1 rings (SSSR count). The van der Waals surface area contributed by atoms with Gasteiger partial charge in [0.05, 0.1) is 0 Å². The predicted molar refractivity (Wildman–Crippen MR) is 99.5 cm³/mol. The SMILES string of the molecule is Cc1cc(O)c(C(C)(C)C)cc1CN(CCCCO)CCCCO. The van der Waals surface area contributed by atoms with E-state index in [9.17, 15) is 5.11 Å². The molecule has 0 radical (unpaired) electrons. The number of aryl methyl sites for hydroxylation is 1. The number of aliphatic hydroxyl groups is 2. The number of unbranched alkanes of at least 4 members (excludes halogenated alkanes) is 2. The molecule has 138 valence electrons. The van der Waals surface area contributed by atoms with Crippen LogP contribution in [0.15, 0.2) is 12.1 Å². The molecule has 0 aliphatic carbocycles. The first kappa shape index (κ1) is 20.9. The van der Waals surface area contributed by atoms with Crippen LogP contribution in [0.1, 0.15) is 63.1 Å². The van der Waals surface area contributed by atoms with E-state index in [0.717, 1.165) is 56.4 Å². The summed E-state index contributed by atoms with van der Waals surface area (Å²) in [6.07, 6.45) is 3.58. The van der Waals surface area contributed by atoms with Gasteiger partial charge in [0.15, 0.2) is 0 Å². The smallest absolute Gasteiger partial charge is 0.119 e. The molecule has 0 heterocycles. The van der Waals surface area contributed by atoms with Gasteiger partial charge in [-0.05, 0) is 73.9 Å². The molecule has 0 atom stereocenters. The quantitative estimate of drug-likeness (QED) is 0.573. The van der Waals surface area contributed by atoms with E-state index in [1.54, 1.807) is 0 Å². The second kappa shape index (κ2) is 10.0. The molecule has 0 aliphatic heterocycles. The molecule has 0 amide bonds. The Morgan fingerprint density at radius 1 is 0.917 bits per heavy atom. The van der Waals surface area contributed by atoms with E-state index in [1.165, 1.54) is 5.56 Å². The molecule has 0 aromatic heterocycles. The summed E-state index contributed by atoms with van der Waals surface area (Å²) in [6, 6.07) is 4.01. The normalized spacial score (nSPS) is 12.1. The van der Waals surface area contributed by atoms with Crippen molar-refractivity contribution in [3.8, 4) is 5.75 Å². The average Bonchev–Trinajstić information content (AvgIpc) is 2.48. The largest absolute Gasteiger partial charge is 0.508 e. The van der Waals surface area contributed by atoms with E-state index >= 15 is 0 Å². The molecule has 0 saturated carbocycles. The monoisotopic (exact) mass is 337 g/mol. The van der Waals surface area contributed by atoms with Crippen LogP contribution in [0.4, 0.5) is 0 Å². The zero-order valence-corrected chi connectivity index (χ0v) is 15.8. The first-order valence-electron chi connectivity index (χ1n) is 9.06. The topological polar surface area (TPSA) is 63.9 Å². The maximum absolute atomic E-state index is 10.3. The van der Waals surface area contributed by atoms with Crippen molar-refractivity contribution in [2.45, 2.75) is 65.3 Å². The molecule has 0 bridgehead atoms. The minimum absolute atomic E-state index is 0.0921. The number of aromatic hydroxyl groups is 1. The Labute approximate surface area is 147 Å². The second-order valence-corrected chi connectivity index (χ2v) is 7.68. The Morgan fingerprint density at radius 2 is 1.46 bits per heavy atom. The summed E-state index contributed by atoms with van der Waals surface area (Å²) >= 11 is 0. The molecule has 1 aromatic rings. The van der Waals surface area contributed by atoms with Gasteiger partial charge in [-0.25, -0.2) is 0 Å². The van der Waals surface area contributed by atoms with Crippen molar-refractivity contribution < 1.29 is 15.3 Å². The van der Waals surface area contributed by atoms with Gasteiger partial charge < -0.3 is 15.3 Å². The fraction of sp³-hybridized carbons (Fsp3) is 0.700. The summed E-state index contributed by atoms with van der Waals surface area (Å²) in [6.45, 7) is 11.6. The number of aliphatic hydroxyl groups excluding tert-OH is 2. The molecule has 0 fully saturated rings. The van der Waals surface area contributed by atoms with Crippen LogP contribution >= 0.6 is 0 Å². The number of rotatable bonds is 10. The molecule has 1 aromatic carbocycles. The van der Waals surface area contributed by atoms with E-state index in [4.69, 9.17) is 10.2 Å². The van der Waals surface area contributed by atoms with Gasteiger partial charge >= 0.3 is 0 Å². The summed E-state index contributed by atoms with van der Waals surface area (Å²) in [5.41, 5.74) is 3.24. The lowest BCUT2D eigenvalue weighted by Gasteiger charge is -2.26. The van der Waals surface area contributed by atoms with Crippen LogP contribution in [0.5, 0.6) is 5.75 Å². The summed E-state index contributed by atoms with van der Waals surface area (Å²) < 4.78 is 0.